The Balaban J connectivity index is 1.76. The van der Waals surface area contributed by atoms with Gasteiger partial charge in [0.05, 0.1) is 21.7 Å². The molecule has 0 spiro atoms. The molecule has 3 aromatic rings. The second-order valence-corrected chi connectivity index (χ2v) is 7.80. The van der Waals surface area contributed by atoms with E-state index in [0.29, 0.717) is 5.01 Å². The number of aromatic nitrogens is 1. The first-order valence-corrected chi connectivity index (χ1v) is 9.23. The van der Waals surface area contributed by atoms with E-state index in [4.69, 9.17) is 0 Å². The third kappa shape index (κ3) is 4.47. The first kappa shape index (κ1) is 17.6. The quantitative estimate of drug-likeness (QED) is 0.724. The second-order valence-electron chi connectivity index (χ2n) is 4.92. The van der Waals surface area contributed by atoms with Gasteiger partial charge >= 0.3 is 6.36 Å². The number of nitrogens with one attached hydrogen (secondary N) is 1. The van der Waals surface area contributed by atoms with Crippen molar-refractivity contribution in [1.29, 1.82) is 0 Å². The normalized spacial score (nSPS) is 12.4. The molecule has 25 heavy (non-hydrogen) atoms. The Kier molecular flexibility index (Phi) is 4.67. The number of hydrogen-bond acceptors (Lipinski definition) is 5. The molecule has 1 N–H and O–H groups in total. The largest absolute Gasteiger partial charge is 0.573 e. The van der Waals surface area contributed by atoms with Gasteiger partial charge in [0.15, 0.2) is 0 Å². The number of para-hydroxylation sites is 1. The molecule has 2 aromatic carbocycles. The van der Waals surface area contributed by atoms with Crippen LogP contribution >= 0.6 is 11.3 Å². The maximum Gasteiger partial charge on any atom is 0.573 e. The van der Waals surface area contributed by atoms with Gasteiger partial charge in [-0.15, -0.1) is 24.5 Å². The van der Waals surface area contributed by atoms with Gasteiger partial charge in [-0.05, 0) is 24.3 Å². The van der Waals surface area contributed by atoms with E-state index in [-0.39, 0.29) is 11.4 Å². The van der Waals surface area contributed by atoms with E-state index in [0.717, 1.165) is 22.3 Å². The third-order valence-electron chi connectivity index (χ3n) is 3.10. The van der Waals surface area contributed by atoms with Crippen molar-refractivity contribution in [3.8, 4) is 5.75 Å². The molecule has 0 radical (unpaired) electrons. The van der Waals surface area contributed by atoms with Gasteiger partial charge in [-0.1, -0.05) is 18.2 Å². The van der Waals surface area contributed by atoms with Gasteiger partial charge < -0.3 is 4.74 Å². The Morgan fingerprint density at radius 2 is 1.88 bits per heavy atom. The predicted octanol–water partition coefficient (Wildman–Crippen LogP) is 3.67. The van der Waals surface area contributed by atoms with Crippen molar-refractivity contribution in [2.24, 2.45) is 0 Å². The highest BCUT2D eigenvalue weighted by atomic mass is 32.2. The Labute approximate surface area is 145 Å². The van der Waals surface area contributed by atoms with Crippen LogP contribution in [0.3, 0.4) is 0 Å². The molecule has 0 amide bonds. The molecule has 0 aliphatic carbocycles. The molecule has 0 aliphatic rings. The summed E-state index contributed by atoms with van der Waals surface area (Å²) in [5.41, 5.74) is 0.752. The lowest BCUT2D eigenvalue weighted by Gasteiger charge is -2.10. The monoisotopic (exact) mass is 388 g/mol. The fraction of sp³-hybridized carbons (Fsp3) is 0.133. The molecule has 3 rings (SSSR count). The molecule has 0 saturated carbocycles. The van der Waals surface area contributed by atoms with E-state index in [1.54, 1.807) is 0 Å². The SMILES string of the molecule is O=S(=O)(NCc1nc2ccccc2s1)c1cccc(OC(F)(F)F)c1. The van der Waals surface area contributed by atoms with Crippen molar-refractivity contribution >= 4 is 31.6 Å². The minimum Gasteiger partial charge on any atom is -0.406 e. The average molecular weight is 388 g/mol. The summed E-state index contributed by atoms with van der Waals surface area (Å²) in [4.78, 5) is 3.97. The zero-order valence-corrected chi connectivity index (χ0v) is 14.1. The fourth-order valence-electron chi connectivity index (χ4n) is 2.07. The standard InChI is InChI=1S/C15H11F3N2O3S2/c16-15(17,18)23-10-4-3-5-11(8-10)25(21,22)19-9-14-20-12-6-1-2-7-13(12)24-14/h1-8,19H,9H2. The summed E-state index contributed by atoms with van der Waals surface area (Å²) < 4.78 is 68.3. The second kappa shape index (κ2) is 6.62. The molecular formula is C15H11F3N2O3S2. The van der Waals surface area contributed by atoms with E-state index in [1.165, 1.54) is 23.5 Å². The van der Waals surface area contributed by atoms with Crippen molar-refractivity contribution in [3.63, 3.8) is 0 Å². The first-order valence-electron chi connectivity index (χ1n) is 6.93. The van der Waals surface area contributed by atoms with Crippen LogP contribution in [-0.2, 0) is 16.6 Å². The zero-order chi connectivity index (χ0) is 18.1. The van der Waals surface area contributed by atoms with E-state index >= 15 is 0 Å². The fourth-order valence-corrected chi connectivity index (χ4v) is 4.09. The summed E-state index contributed by atoms with van der Waals surface area (Å²) in [6.07, 6.45) is -4.89. The number of rotatable bonds is 5. The first-order chi connectivity index (χ1) is 11.7. The highest BCUT2D eigenvalue weighted by Gasteiger charge is 2.31. The number of benzene rings is 2. The number of alkyl halides is 3. The maximum atomic E-state index is 12.3. The molecule has 5 nitrogen and oxygen atoms in total. The van der Waals surface area contributed by atoms with E-state index in [9.17, 15) is 21.6 Å². The molecule has 1 heterocycles. The van der Waals surface area contributed by atoms with Gasteiger partial charge in [0.1, 0.15) is 10.8 Å². The van der Waals surface area contributed by atoms with Crippen LogP contribution in [0.15, 0.2) is 53.4 Å². The van der Waals surface area contributed by atoms with Crippen LogP contribution in [0.1, 0.15) is 5.01 Å². The van der Waals surface area contributed by atoms with Gasteiger partial charge in [-0.25, -0.2) is 18.1 Å². The minimum absolute atomic E-state index is 0.0635. The molecule has 0 saturated heterocycles. The number of thiazole rings is 1. The topological polar surface area (TPSA) is 68.3 Å². The van der Waals surface area contributed by atoms with Crippen molar-refractivity contribution < 1.29 is 26.3 Å². The minimum atomic E-state index is -4.89. The molecule has 132 valence electrons. The Morgan fingerprint density at radius 3 is 2.60 bits per heavy atom. The lowest BCUT2D eigenvalue weighted by molar-refractivity contribution is -0.274. The summed E-state index contributed by atoms with van der Waals surface area (Å²) in [6, 6.07) is 11.5. The van der Waals surface area contributed by atoms with E-state index in [1.807, 2.05) is 24.3 Å². The maximum absolute atomic E-state index is 12.3. The van der Waals surface area contributed by atoms with Crippen molar-refractivity contribution in [3.05, 3.63) is 53.5 Å². The molecule has 0 aliphatic heterocycles. The van der Waals surface area contributed by atoms with Crippen molar-refractivity contribution in [2.45, 2.75) is 17.8 Å². The molecule has 0 fully saturated rings. The number of nitrogens with zero attached hydrogens (tertiary/aromatic N) is 1. The lowest BCUT2D eigenvalue weighted by Crippen LogP contribution is -2.23. The number of ether oxygens (including phenoxy) is 1. The van der Waals surface area contributed by atoms with Gasteiger partial charge in [-0.2, -0.15) is 0 Å². The Morgan fingerprint density at radius 1 is 1.12 bits per heavy atom. The Bertz CT molecular complexity index is 967. The van der Waals surface area contributed by atoms with Crippen LogP contribution in [0.25, 0.3) is 10.2 Å². The number of fused-ring (bicyclic) bond motifs is 1. The van der Waals surface area contributed by atoms with Crippen LogP contribution in [0.2, 0.25) is 0 Å². The van der Waals surface area contributed by atoms with Gasteiger partial charge in [-0.3, -0.25) is 0 Å². The number of hydrogen-bond donors (Lipinski definition) is 1. The smallest absolute Gasteiger partial charge is 0.406 e. The highest BCUT2D eigenvalue weighted by molar-refractivity contribution is 7.89. The Hall–Kier alpha value is -2.17. The summed E-state index contributed by atoms with van der Waals surface area (Å²) in [7, 11) is -4.00. The molecule has 0 bridgehead atoms. The van der Waals surface area contributed by atoms with E-state index < -0.39 is 22.1 Å². The van der Waals surface area contributed by atoms with Crippen LogP contribution in [-0.4, -0.2) is 19.8 Å². The zero-order valence-electron chi connectivity index (χ0n) is 12.4. The summed E-state index contributed by atoms with van der Waals surface area (Å²) in [5.74, 6) is -0.602. The summed E-state index contributed by atoms with van der Waals surface area (Å²) >= 11 is 1.33. The van der Waals surface area contributed by atoms with Crippen LogP contribution in [0.5, 0.6) is 5.75 Å². The highest BCUT2D eigenvalue weighted by Crippen LogP contribution is 2.25. The molecule has 0 unspecified atom stereocenters. The van der Waals surface area contributed by atoms with Crippen molar-refractivity contribution in [2.75, 3.05) is 0 Å². The van der Waals surface area contributed by atoms with Gasteiger partial charge in [0.25, 0.3) is 0 Å². The average Bonchev–Trinajstić information content (AvgIpc) is 2.95. The summed E-state index contributed by atoms with van der Waals surface area (Å²) in [6.45, 7) is -0.0635. The number of halogens is 3. The molecule has 10 heteroatoms. The van der Waals surface area contributed by atoms with Crippen LogP contribution in [0, 0.1) is 0 Å². The van der Waals surface area contributed by atoms with Crippen LogP contribution < -0.4 is 9.46 Å². The third-order valence-corrected chi connectivity index (χ3v) is 5.54. The molecule has 1 aromatic heterocycles. The number of sulfonamides is 1. The molecule has 0 atom stereocenters. The molecular weight excluding hydrogens is 377 g/mol. The van der Waals surface area contributed by atoms with Crippen molar-refractivity contribution in [1.82, 2.24) is 9.71 Å². The lowest BCUT2D eigenvalue weighted by atomic mass is 10.3. The van der Waals surface area contributed by atoms with Crippen LogP contribution in [0.4, 0.5) is 13.2 Å². The summed E-state index contributed by atoms with van der Waals surface area (Å²) in [5, 5.41) is 0.549. The van der Waals surface area contributed by atoms with Gasteiger partial charge in [0, 0.05) is 6.07 Å². The predicted molar refractivity (Wildman–Crippen MR) is 86.8 cm³/mol. The van der Waals surface area contributed by atoms with E-state index in [2.05, 4.69) is 14.4 Å². The van der Waals surface area contributed by atoms with Gasteiger partial charge in [0.2, 0.25) is 10.0 Å².